The van der Waals surface area contributed by atoms with Gasteiger partial charge < -0.3 is 9.84 Å². The van der Waals surface area contributed by atoms with E-state index in [4.69, 9.17) is 4.74 Å². The lowest BCUT2D eigenvalue weighted by molar-refractivity contribution is -0.132. The summed E-state index contributed by atoms with van der Waals surface area (Å²) in [6.45, 7) is 0. The number of hydrogen-bond donors (Lipinski definition) is 1. The van der Waals surface area contributed by atoms with E-state index in [1.165, 1.54) is 0 Å². The Morgan fingerprint density at radius 3 is 2.82 bits per heavy atom. The molecule has 0 radical (unpaired) electrons. The van der Waals surface area contributed by atoms with E-state index < -0.39 is 5.97 Å². The molecule has 0 aromatic heterocycles. The van der Waals surface area contributed by atoms with Gasteiger partial charge in [0.2, 0.25) is 0 Å². The van der Waals surface area contributed by atoms with E-state index in [9.17, 15) is 9.90 Å². The van der Waals surface area contributed by atoms with Gasteiger partial charge in [0.25, 0.3) is 0 Å². The molecule has 1 heterocycles. The summed E-state index contributed by atoms with van der Waals surface area (Å²) in [4.78, 5) is 11.2. The first-order valence-electron chi connectivity index (χ1n) is 4.96. The van der Waals surface area contributed by atoms with Crippen LogP contribution >= 0.6 is 20.7 Å². The van der Waals surface area contributed by atoms with Gasteiger partial charge in [-0.3, -0.25) is 0 Å². The summed E-state index contributed by atoms with van der Waals surface area (Å²) in [5.74, 6) is -0.195. The summed E-state index contributed by atoms with van der Waals surface area (Å²) in [5.41, 5.74) is 1.95. The molecule has 1 aliphatic heterocycles. The highest BCUT2D eigenvalue weighted by Gasteiger charge is 2.16. The molecule has 1 aromatic carbocycles. The summed E-state index contributed by atoms with van der Waals surface area (Å²) in [7, 11) is 1.59. The normalized spacial score (nSPS) is 14.4. The fraction of sp³-hybridized carbons (Fsp3) is 0.0769. The molecule has 3 nitrogen and oxygen atoms in total. The molecule has 0 saturated carbocycles. The van der Waals surface area contributed by atoms with Crippen molar-refractivity contribution in [1.29, 1.82) is 0 Å². The average molecular weight is 342 g/mol. The van der Waals surface area contributed by atoms with Gasteiger partial charge in [0, 0.05) is 11.1 Å². The van der Waals surface area contributed by atoms with Crippen molar-refractivity contribution < 1.29 is 14.6 Å². The van der Waals surface area contributed by atoms with Crippen molar-refractivity contribution in [2.75, 3.05) is 7.11 Å². The lowest BCUT2D eigenvalue weighted by atomic mass is 10.0. The number of aliphatic carboxylic acids is 1. The van der Waals surface area contributed by atoms with Crippen LogP contribution in [0.25, 0.3) is 5.57 Å². The minimum absolute atomic E-state index is 0.204. The van der Waals surface area contributed by atoms with Gasteiger partial charge in [-0.25, -0.2) is 4.79 Å². The highest BCUT2D eigenvalue weighted by Crippen LogP contribution is 2.31. The van der Waals surface area contributed by atoms with Gasteiger partial charge in [0.1, 0.15) is 5.75 Å². The van der Waals surface area contributed by atoms with Gasteiger partial charge in [0.05, 0.1) is 12.7 Å². The number of halogens is 1. The average Bonchev–Trinajstić information content (AvgIpc) is 2.38. The molecular formula is C13H11IO3. The number of allylic oxidation sites excluding steroid dienone is 1. The fourth-order valence-electron chi connectivity index (χ4n) is 1.60. The number of carbonyl (C=O) groups is 1. The first-order chi connectivity index (χ1) is 8.24. The highest BCUT2D eigenvalue weighted by atomic mass is 127. The zero-order valence-corrected chi connectivity index (χ0v) is 11.3. The van der Waals surface area contributed by atoms with E-state index in [2.05, 4.69) is 0 Å². The maximum Gasteiger partial charge on any atom is 0.336 e. The van der Waals surface area contributed by atoms with Crippen LogP contribution in [0.15, 0.2) is 40.0 Å². The second-order valence-corrected chi connectivity index (χ2v) is 5.42. The lowest BCUT2D eigenvalue weighted by Gasteiger charge is -2.12. The first kappa shape index (κ1) is 12.0. The van der Waals surface area contributed by atoms with Crippen LogP contribution in [0, 0.1) is 0 Å². The molecule has 0 atom stereocenters. The Kier molecular flexibility index (Phi) is 3.73. The highest BCUT2D eigenvalue weighted by molar-refractivity contribution is 14.2. The van der Waals surface area contributed by atoms with Gasteiger partial charge in [-0.15, -0.1) is 0 Å². The maximum atomic E-state index is 11.2. The molecule has 4 heteroatoms. The summed E-state index contributed by atoms with van der Waals surface area (Å²) in [6, 6.07) is 7.48. The number of hydrogen-bond acceptors (Lipinski definition) is 2. The second kappa shape index (κ2) is 5.27. The van der Waals surface area contributed by atoms with Crippen LogP contribution in [0.3, 0.4) is 0 Å². The standard InChI is InChI=1S/C13H11IO3/c1-17-12-5-3-2-4-9(12)11-8-14-7-6-10(11)13(15)16/h2-8H,1H3,(H,15,16). The monoisotopic (exact) mass is 342 g/mol. The summed E-state index contributed by atoms with van der Waals surface area (Å²) < 4.78 is 9.23. The minimum atomic E-state index is -0.901. The number of benzene rings is 1. The Hall–Kier alpha value is -1.43. The predicted molar refractivity (Wildman–Crippen MR) is 76.8 cm³/mol. The lowest BCUT2D eigenvalue weighted by Crippen LogP contribution is -2.04. The maximum absolute atomic E-state index is 11.2. The van der Waals surface area contributed by atoms with E-state index >= 15 is 0 Å². The zero-order valence-electron chi connectivity index (χ0n) is 9.18. The van der Waals surface area contributed by atoms with Crippen molar-refractivity contribution in [2.24, 2.45) is 0 Å². The molecule has 1 aliphatic rings. The second-order valence-electron chi connectivity index (χ2n) is 3.36. The van der Waals surface area contributed by atoms with Crippen LogP contribution < -0.4 is 4.74 Å². The number of rotatable bonds is 3. The molecular weight excluding hydrogens is 331 g/mol. The molecule has 0 bridgehead atoms. The number of methoxy groups -OCH3 is 1. The molecule has 0 spiro atoms. The number of carboxylic acids is 1. The minimum Gasteiger partial charge on any atom is -0.496 e. The smallest absolute Gasteiger partial charge is 0.336 e. The Morgan fingerprint density at radius 2 is 2.12 bits per heavy atom. The van der Waals surface area contributed by atoms with Crippen LogP contribution in [0.2, 0.25) is 0 Å². The summed E-state index contributed by atoms with van der Waals surface area (Å²) >= 11 is -0.204. The molecule has 0 fully saturated rings. The number of para-hydroxylation sites is 1. The van der Waals surface area contributed by atoms with E-state index in [1.54, 1.807) is 13.2 Å². The third-order valence-electron chi connectivity index (χ3n) is 2.39. The SMILES string of the molecule is COc1ccccc1C1=C(C(=O)O)C=CI=C1. The number of carboxylic acid groups (broad SMARTS) is 1. The van der Waals surface area contributed by atoms with Crippen molar-refractivity contribution >= 4 is 36.3 Å². The molecule has 1 N–H and O–H groups in total. The Labute approximate surface area is 109 Å². The van der Waals surface area contributed by atoms with Gasteiger partial charge in [0.15, 0.2) is 0 Å². The molecule has 2 rings (SSSR count). The van der Waals surface area contributed by atoms with E-state index in [1.807, 2.05) is 32.4 Å². The van der Waals surface area contributed by atoms with E-state index in [-0.39, 0.29) is 20.7 Å². The van der Waals surface area contributed by atoms with Crippen molar-refractivity contribution in [1.82, 2.24) is 0 Å². The predicted octanol–water partition coefficient (Wildman–Crippen LogP) is 2.83. The fourth-order valence-corrected chi connectivity index (χ4v) is 3.41. The molecule has 1 aromatic rings. The van der Waals surface area contributed by atoms with E-state index in [0.717, 1.165) is 11.1 Å². The van der Waals surface area contributed by atoms with Gasteiger partial charge in [-0.2, -0.15) is 0 Å². The van der Waals surface area contributed by atoms with Gasteiger partial charge in [-0.1, -0.05) is 38.9 Å². The third kappa shape index (κ3) is 2.46. The Morgan fingerprint density at radius 1 is 1.35 bits per heavy atom. The Balaban J connectivity index is 2.62. The summed E-state index contributed by atoms with van der Waals surface area (Å²) in [5, 5.41) is 9.18. The van der Waals surface area contributed by atoms with Crippen LogP contribution in [-0.4, -0.2) is 22.2 Å². The molecule has 0 saturated heterocycles. The molecule has 0 aliphatic carbocycles. The Bertz CT molecular complexity index is 541. The van der Waals surface area contributed by atoms with Crippen molar-refractivity contribution in [3.8, 4) is 5.75 Å². The van der Waals surface area contributed by atoms with Gasteiger partial charge in [-0.05, 0) is 20.2 Å². The van der Waals surface area contributed by atoms with Crippen molar-refractivity contribution in [3.63, 3.8) is 0 Å². The topological polar surface area (TPSA) is 46.5 Å². The summed E-state index contributed by atoms with van der Waals surface area (Å²) in [6.07, 6.45) is 1.69. The third-order valence-corrected chi connectivity index (χ3v) is 4.15. The molecule has 88 valence electrons. The number of ether oxygens (including phenoxy) is 1. The molecule has 17 heavy (non-hydrogen) atoms. The largest absolute Gasteiger partial charge is 0.496 e. The van der Waals surface area contributed by atoms with Crippen LogP contribution in [0.5, 0.6) is 5.75 Å². The van der Waals surface area contributed by atoms with Crippen molar-refractivity contribution in [3.05, 3.63) is 45.6 Å². The van der Waals surface area contributed by atoms with Gasteiger partial charge >= 0.3 is 5.97 Å². The molecule has 0 amide bonds. The zero-order chi connectivity index (χ0) is 12.3. The molecule has 0 unspecified atom stereocenters. The first-order valence-corrected chi connectivity index (χ1v) is 7.46. The van der Waals surface area contributed by atoms with Crippen LogP contribution in [0.1, 0.15) is 5.56 Å². The van der Waals surface area contributed by atoms with E-state index in [0.29, 0.717) is 11.3 Å². The quantitative estimate of drug-likeness (QED) is 0.860. The van der Waals surface area contributed by atoms with Crippen molar-refractivity contribution in [2.45, 2.75) is 0 Å². The van der Waals surface area contributed by atoms with Crippen LogP contribution in [-0.2, 0) is 4.79 Å². The van der Waals surface area contributed by atoms with Crippen LogP contribution in [0.4, 0.5) is 0 Å².